The number of hydrogen-bond donors (Lipinski definition) is 1. The first-order valence-electron chi connectivity index (χ1n) is 5.59. The number of aryl methyl sites for hydroxylation is 1. The van der Waals surface area contributed by atoms with E-state index >= 15 is 0 Å². The van der Waals surface area contributed by atoms with E-state index in [0.29, 0.717) is 17.7 Å². The second-order valence-electron chi connectivity index (χ2n) is 4.64. The molecule has 0 saturated heterocycles. The van der Waals surface area contributed by atoms with Crippen molar-refractivity contribution in [2.24, 2.45) is 5.73 Å². The van der Waals surface area contributed by atoms with Crippen LogP contribution in [0.3, 0.4) is 0 Å². The second-order valence-corrected chi connectivity index (χ2v) is 4.64. The highest BCUT2D eigenvalue weighted by molar-refractivity contribution is 5.78. The van der Waals surface area contributed by atoms with E-state index in [-0.39, 0.29) is 11.2 Å². The maximum Gasteiger partial charge on any atom is 0.150 e. The molecule has 0 atom stereocenters. The van der Waals surface area contributed by atoms with Gasteiger partial charge in [-0.3, -0.25) is 4.79 Å². The first kappa shape index (κ1) is 11.3. The Morgan fingerprint density at radius 1 is 1.50 bits per heavy atom. The zero-order valence-corrected chi connectivity index (χ0v) is 9.42. The summed E-state index contributed by atoms with van der Waals surface area (Å²) in [5.41, 5.74) is 7.68. The number of rotatable bonds is 3. The fraction of sp³-hybridized carbons (Fsp3) is 0.462. The van der Waals surface area contributed by atoms with Crippen molar-refractivity contribution in [3.8, 4) is 0 Å². The summed E-state index contributed by atoms with van der Waals surface area (Å²) in [4.78, 5) is 11.0. The summed E-state index contributed by atoms with van der Waals surface area (Å²) in [6.07, 6.45) is 3.85. The van der Waals surface area contributed by atoms with Gasteiger partial charge in [0.2, 0.25) is 0 Å². The van der Waals surface area contributed by atoms with Crippen molar-refractivity contribution >= 4 is 6.29 Å². The zero-order valence-electron chi connectivity index (χ0n) is 9.42. The Morgan fingerprint density at radius 2 is 2.19 bits per heavy atom. The van der Waals surface area contributed by atoms with Gasteiger partial charge in [-0.2, -0.15) is 0 Å². The molecule has 3 heteroatoms. The third kappa shape index (κ3) is 1.55. The maximum absolute atomic E-state index is 13.4. The Hall–Kier alpha value is -1.22. The summed E-state index contributed by atoms with van der Waals surface area (Å²) in [6.45, 7) is 2.25. The van der Waals surface area contributed by atoms with E-state index in [1.807, 2.05) is 0 Å². The second kappa shape index (κ2) is 3.98. The summed E-state index contributed by atoms with van der Waals surface area (Å²) in [5.74, 6) is -0.322. The lowest BCUT2D eigenvalue weighted by Crippen LogP contribution is -2.42. The van der Waals surface area contributed by atoms with Gasteiger partial charge in [-0.1, -0.05) is 12.5 Å². The van der Waals surface area contributed by atoms with E-state index in [2.05, 4.69) is 0 Å². The van der Waals surface area contributed by atoms with E-state index in [9.17, 15) is 9.18 Å². The van der Waals surface area contributed by atoms with Crippen molar-refractivity contribution in [2.75, 3.05) is 6.54 Å². The van der Waals surface area contributed by atoms with Crippen molar-refractivity contribution in [1.82, 2.24) is 0 Å². The minimum Gasteiger partial charge on any atom is -0.330 e. The normalized spacial score (nSPS) is 17.9. The lowest BCUT2D eigenvalue weighted by atomic mass is 9.63. The predicted octanol–water partition coefficient (Wildman–Crippen LogP) is 2.33. The quantitative estimate of drug-likeness (QED) is 0.796. The van der Waals surface area contributed by atoms with Crippen LogP contribution in [-0.4, -0.2) is 12.8 Å². The molecule has 0 unspecified atom stereocenters. The molecular formula is C13H16FNO. The molecule has 1 aromatic carbocycles. The molecule has 16 heavy (non-hydrogen) atoms. The summed E-state index contributed by atoms with van der Waals surface area (Å²) in [7, 11) is 0. The molecular weight excluding hydrogens is 205 g/mol. The van der Waals surface area contributed by atoms with E-state index in [4.69, 9.17) is 5.73 Å². The monoisotopic (exact) mass is 221 g/mol. The molecule has 0 amide bonds. The Balaban J connectivity index is 2.54. The zero-order chi connectivity index (χ0) is 11.8. The molecule has 0 spiro atoms. The molecule has 2 rings (SSSR count). The Morgan fingerprint density at radius 3 is 2.62 bits per heavy atom. The van der Waals surface area contributed by atoms with Crippen molar-refractivity contribution in [3.05, 3.63) is 34.6 Å². The van der Waals surface area contributed by atoms with Crippen LogP contribution in [-0.2, 0) is 5.41 Å². The third-order valence-electron chi connectivity index (χ3n) is 3.73. The summed E-state index contributed by atoms with van der Waals surface area (Å²) >= 11 is 0. The molecule has 2 nitrogen and oxygen atoms in total. The standard InChI is InChI=1S/C13H16FNO/c1-9-5-11(10(7-16)6-12(9)14)13(8-15)3-2-4-13/h5-7H,2-4,8,15H2,1H3. The van der Waals surface area contributed by atoms with E-state index in [1.54, 1.807) is 13.0 Å². The molecule has 1 fully saturated rings. The van der Waals surface area contributed by atoms with Crippen LogP contribution in [0.5, 0.6) is 0 Å². The van der Waals surface area contributed by atoms with Crippen LogP contribution in [0.1, 0.15) is 40.7 Å². The number of aldehydes is 1. The third-order valence-corrected chi connectivity index (χ3v) is 3.73. The van der Waals surface area contributed by atoms with E-state index in [0.717, 1.165) is 31.1 Å². The van der Waals surface area contributed by atoms with Gasteiger partial charge in [-0.25, -0.2) is 4.39 Å². The molecule has 0 aromatic heterocycles. The smallest absolute Gasteiger partial charge is 0.150 e. The van der Waals surface area contributed by atoms with Crippen molar-refractivity contribution in [1.29, 1.82) is 0 Å². The number of nitrogens with two attached hydrogens (primary N) is 1. The SMILES string of the molecule is Cc1cc(C2(CN)CCC2)c(C=O)cc1F. The number of halogens is 1. The minimum absolute atomic E-state index is 0.0886. The topological polar surface area (TPSA) is 43.1 Å². The van der Waals surface area contributed by atoms with Crippen molar-refractivity contribution in [3.63, 3.8) is 0 Å². The van der Waals surface area contributed by atoms with Crippen molar-refractivity contribution < 1.29 is 9.18 Å². The maximum atomic E-state index is 13.4. The van der Waals surface area contributed by atoms with Crippen LogP contribution in [0.25, 0.3) is 0 Å². The lowest BCUT2D eigenvalue weighted by Gasteiger charge is -2.42. The van der Waals surface area contributed by atoms with Gasteiger partial charge in [0.15, 0.2) is 0 Å². The molecule has 1 aliphatic rings. The van der Waals surface area contributed by atoms with Gasteiger partial charge in [0, 0.05) is 17.5 Å². The highest BCUT2D eigenvalue weighted by atomic mass is 19.1. The highest BCUT2D eigenvalue weighted by Crippen LogP contribution is 2.44. The average Bonchev–Trinajstić information content (AvgIpc) is 2.22. The van der Waals surface area contributed by atoms with Gasteiger partial charge >= 0.3 is 0 Å². The lowest BCUT2D eigenvalue weighted by molar-refractivity contribution is 0.111. The molecule has 1 aromatic rings. The Kier molecular flexibility index (Phi) is 2.80. The molecule has 1 saturated carbocycles. The summed E-state index contributed by atoms with van der Waals surface area (Å²) in [6, 6.07) is 3.11. The number of carbonyl (C=O) groups excluding carboxylic acids is 1. The Labute approximate surface area is 94.6 Å². The fourth-order valence-corrected chi connectivity index (χ4v) is 2.44. The van der Waals surface area contributed by atoms with Gasteiger partial charge in [-0.05, 0) is 37.0 Å². The van der Waals surface area contributed by atoms with E-state index < -0.39 is 0 Å². The van der Waals surface area contributed by atoms with Crippen LogP contribution in [0.15, 0.2) is 12.1 Å². The van der Waals surface area contributed by atoms with Crippen LogP contribution in [0.2, 0.25) is 0 Å². The molecule has 0 aliphatic heterocycles. The number of hydrogen-bond acceptors (Lipinski definition) is 2. The molecule has 0 radical (unpaired) electrons. The molecule has 0 heterocycles. The van der Waals surface area contributed by atoms with Crippen LogP contribution in [0, 0.1) is 12.7 Å². The fourth-order valence-electron chi connectivity index (χ4n) is 2.44. The van der Waals surface area contributed by atoms with Crippen molar-refractivity contribution in [2.45, 2.75) is 31.6 Å². The average molecular weight is 221 g/mol. The van der Waals surface area contributed by atoms with Crippen LogP contribution < -0.4 is 5.73 Å². The number of carbonyl (C=O) groups is 1. The molecule has 0 bridgehead atoms. The molecule has 86 valence electrons. The summed E-state index contributed by atoms with van der Waals surface area (Å²) in [5, 5.41) is 0. The Bertz CT molecular complexity index is 419. The van der Waals surface area contributed by atoms with Crippen LogP contribution in [0.4, 0.5) is 4.39 Å². The first-order chi connectivity index (χ1) is 7.63. The predicted molar refractivity (Wildman–Crippen MR) is 61.1 cm³/mol. The van der Waals surface area contributed by atoms with Gasteiger partial charge in [-0.15, -0.1) is 0 Å². The van der Waals surface area contributed by atoms with Gasteiger partial charge < -0.3 is 5.73 Å². The van der Waals surface area contributed by atoms with E-state index in [1.165, 1.54) is 6.07 Å². The minimum atomic E-state index is -0.322. The highest BCUT2D eigenvalue weighted by Gasteiger charge is 2.39. The molecule has 1 aliphatic carbocycles. The first-order valence-corrected chi connectivity index (χ1v) is 5.59. The summed E-state index contributed by atoms with van der Waals surface area (Å²) < 4.78 is 13.4. The van der Waals surface area contributed by atoms with Gasteiger partial charge in [0.1, 0.15) is 12.1 Å². The van der Waals surface area contributed by atoms with Gasteiger partial charge in [0.25, 0.3) is 0 Å². The molecule has 2 N–H and O–H groups in total. The van der Waals surface area contributed by atoms with Crippen LogP contribution >= 0.6 is 0 Å². The van der Waals surface area contributed by atoms with Gasteiger partial charge in [0.05, 0.1) is 0 Å². The number of benzene rings is 1. The largest absolute Gasteiger partial charge is 0.330 e.